The molecular weight excluding hydrogens is 260 g/mol. The predicted octanol–water partition coefficient (Wildman–Crippen LogP) is 0.703. The molecule has 1 atom stereocenters. The molecule has 2 amide bonds. The molecule has 0 aromatic heterocycles. The maximum absolute atomic E-state index is 12.1. The number of rotatable bonds is 4. The highest BCUT2D eigenvalue weighted by Gasteiger charge is 2.35. The van der Waals surface area contributed by atoms with Crippen LogP contribution in [0.2, 0.25) is 0 Å². The van der Waals surface area contributed by atoms with Gasteiger partial charge in [-0.3, -0.25) is 9.59 Å². The first kappa shape index (κ1) is 16.5. The number of ether oxygens (including phenoxy) is 1. The minimum Gasteiger partial charge on any atom is -0.464 e. The van der Waals surface area contributed by atoms with Gasteiger partial charge in [0.1, 0.15) is 6.04 Å². The molecule has 0 aliphatic carbocycles. The number of nitrogens with one attached hydrogen (secondary N) is 1. The second-order valence-corrected chi connectivity index (χ2v) is 5.93. The van der Waals surface area contributed by atoms with Crippen LogP contribution in [0.4, 0.5) is 0 Å². The van der Waals surface area contributed by atoms with E-state index in [9.17, 15) is 14.4 Å². The third kappa shape index (κ3) is 4.21. The molecule has 1 aliphatic rings. The molecule has 1 aliphatic heterocycles. The van der Waals surface area contributed by atoms with E-state index in [0.717, 1.165) is 6.42 Å². The average Bonchev–Trinajstić information content (AvgIpc) is 2.83. The summed E-state index contributed by atoms with van der Waals surface area (Å²) in [4.78, 5) is 37.1. The van der Waals surface area contributed by atoms with Crippen LogP contribution in [-0.4, -0.2) is 48.4 Å². The molecule has 0 spiro atoms. The summed E-state index contributed by atoms with van der Waals surface area (Å²) in [6, 6.07) is -0.506. The third-order valence-electron chi connectivity index (χ3n) is 3.21. The Labute approximate surface area is 119 Å². The van der Waals surface area contributed by atoms with Crippen molar-refractivity contribution in [3.8, 4) is 0 Å². The minimum absolute atomic E-state index is 0.0774. The van der Waals surface area contributed by atoms with Crippen molar-refractivity contribution in [2.75, 3.05) is 19.7 Å². The van der Waals surface area contributed by atoms with E-state index < -0.39 is 11.5 Å². The lowest BCUT2D eigenvalue weighted by atomic mass is 9.96. The maximum Gasteiger partial charge on any atom is 0.328 e. The molecule has 0 bridgehead atoms. The van der Waals surface area contributed by atoms with Crippen molar-refractivity contribution >= 4 is 17.8 Å². The number of likely N-dealkylation sites (tertiary alicyclic amines) is 1. The molecule has 6 nitrogen and oxygen atoms in total. The molecule has 6 heteroatoms. The Bertz CT molecular complexity index is 387. The van der Waals surface area contributed by atoms with Crippen LogP contribution in [0.25, 0.3) is 0 Å². The van der Waals surface area contributed by atoms with E-state index in [2.05, 4.69) is 5.32 Å². The lowest BCUT2D eigenvalue weighted by Crippen LogP contribution is -2.47. The standard InChI is InChI=1S/C14H24N2O4/c1-5-20-12(18)10-7-6-8-16(10)11(17)9-15-13(19)14(2,3)4/h10H,5-9H2,1-4H3,(H,15,19). The molecule has 1 N–H and O–H groups in total. The molecule has 1 rings (SSSR count). The first-order chi connectivity index (χ1) is 9.27. The molecular formula is C14H24N2O4. The normalized spacial score (nSPS) is 18.8. The van der Waals surface area contributed by atoms with Crippen molar-refractivity contribution in [1.29, 1.82) is 0 Å². The van der Waals surface area contributed by atoms with Crippen LogP contribution in [0.3, 0.4) is 0 Å². The van der Waals surface area contributed by atoms with Crippen molar-refractivity contribution in [1.82, 2.24) is 10.2 Å². The van der Waals surface area contributed by atoms with Crippen LogP contribution >= 0.6 is 0 Å². The summed E-state index contributed by atoms with van der Waals surface area (Å²) in [5.41, 5.74) is -0.536. The summed E-state index contributed by atoms with van der Waals surface area (Å²) in [6.45, 7) is 7.85. The highest BCUT2D eigenvalue weighted by Crippen LogP contribution is 2.18. The van der Waals surface area contributed by atoms with E-state index in [1.807, 2.05) is 0 Å². The van der Waals surface area contributed by atoms with Gasteiger partial charge in [-0.05, 0) is 19.8 Å². The summed E-state index contributed by atoms with van der Waals surface area (Å²) in [5, 5.41) is 2.61. The van der Waals surface area contributed by atoms with E-state index >= 15 is 0 Å². The lowest BCUT2D eigenvalue weighted by molar-refractivity contribution is -0.152. The largest absolute Gasteiger partial charge is 0.464 e. The molecule has 1 unspecified atom stereocenters. The Morgan fingerprint density at radius 1 is 1.30 bits per heavy atom. The summed E-state index contributed by atoms with van der Waals surface area (Å²) >= 11 is 0. The molecule has 0 radical (unpaired) electrons. The summed E-state index contributed by atoms with van der Waals surface area (Å²) < 4.78 is 4.97. The Morgan fingerprint density at radius 3 is 2.50 bits per heavy atom. The van der Waals surface area contributed by atoms with E-state index in [0.29, 0.717) is 19.6 Å². The molecule has 1 fully saturated rings. The van der Waals surface area contributed by atoms with Gasteiger partial charge in [0.2, 0.25) is 11.8 Å². The topological polar surface area (TPSA) is 75.7 Å². The second kappa shape index (κ2) is 6.72. The van der Waals surface area contributed by atoms with Gasteiger partial charge in [0.05, 0.1) is 13.2 Å². The van der Waals surface area contributed by atoms with Crippen LogP contribution in [-0.2, 0) is 19.1 Å². The Hall–Kier alpha value is -1.59. The Kier molecular flexibility index (Phi) is 5.53. The van der Waals surface area contributed by atoms with Crippen LogP contribution in [0, 0.1) is 5.41 Å². The minimum atomic E-state index is -0.536. The summed E-state index contributed by atoms with van der Waals surface area (Å²) in [5.74, 6) is -0.781. The Balaban J connectivity index is 2.54. The zero-order valence-corrected chi connectivity index (χ0v) is 12.7. The number of carbonyl (C=O) groups is 3. The predicted molar refractivity (Wildman–Crippen MR) is 73.8 cm³/mol. The molecule has 0 saturated carbocycles. The number of hydrogen-bond donors (Lipinski definition) is 1. The zero-order chi connectivity index (χ0) is 15.3. The van der Waals surface area contributed by atoms with E-state index in [-0.39, 0.29) is 24.3 Å². The smallest absolute Gasteiger partial charge is 0.328 e. The van der Waals surface area contributed by atoms with Gasteiger partial charge in [-0.15, -0.1) is 0 Å². The second-order valence-electron chi connectivity index (χ2n) is 5.93. The fraction of sp³-hybridized carbons (Fsp3) is 0.786. The number of esters is 1. The van der Waals surface area contributed by atoms with Gasteiger partial charge < -0.3 is 15.0 Å². The van der Waals surface area contributed by atoms with Crippen molar-refractivity contribution in [3.63, 3.8) is 0 Å². The van der Waals surface area contributed by atoms with E-state index in [4.69, 9.17) is 4.74 Å². The van der Waals surface area contributed by atoms with Crippen molar-refractivity contribution in [2.45, 2.75) is 46.6 Å². The maximum atomic E-state index is 12.1. The zero-order valence-electron chi connectivity index (χ0n) is 12.7. The number of amides is 2. The molecule has 114 valence electrons. The molecule has 1 heterocycles. The van der Waals surface area contributed by atoms with Gasteiger partial charge in [-0.25, -0.2) is 4.79 Å². The fourth-order valence-corrected chi connectivity index (χ4v) is 2.07. The first-order valence-corrected chi connectivity index (χ1v) is 7.01. The van der Waals surface area contributed by atoms with Crippen LogP contribution < -0.4 is 5.32 Å². The fourth-order valence-electron chi connectivity index (χ4n) is 2.07. The SMILES string of the molecule is CCOC(=O)C1CCCN1C(=O)CNC(=O)C(C)(C)C. The van der Waals surface area contributed by atoms with Gasteiger partial charge in [0.15, 0.2) is 0 Å². The molecule has 20 heavy (non-hydrogen) atoms. The van der Waals surface area contributed by atoms with Crippen molar-refractivity contribution in [2.24, 2.45) is 5.41 Å². The highest BCUT2D eigenvalue weighted by molar-refractivity contribution is 5.90. The van der Waals surface area contributed by atoms with Crippen LogP contribution in [0.15, 0.2) is 0 Å². The third-order valence-corrected chi connectivity index (χ3v) is 3.21. The molecule has 0 aromatic rings. The van der Waals surface area contributed by atoms with Crippen molar-refractivity contribution in [3.05, 3.63) is 0 Å². The quantitative estimate of drug-likeness (QED) is 0.771. The van der Waals surface area contributed by atoms with Crippen molar-refractivity contribution < 1.29 is 19.1 Å². The lowest BCUT2D eigenvalue weighted by Gasteiger charge is -2.24. The van der Waals surface area contributed by atoms with Crippen LogP contribution in [0.5, 0.6) is 0 Å². The summed E-state index contributed by atoms with van der Waals surface area (Å²) in [7, 11) is 0. The number of hydrogen-bond acceptors (Lipinski definition) is 4. The number of carbonyl (C=O) groups excluding carboxylic acids is 3. The monoisotopic (exact) mass is 284 g/mol. The van der Waals surface area contributed by atoms with Crippen LogP contribution in [0.1, 0.15) is 40.5 Å². The number of nitrogens with zero attached hydrogens (tertiary/aromatic N) is 1. The summed E-state index contributed by atoms with van der Waals surface area (Å²) in [6.07, 6.45) is 1.40. The first-order valence-electron chi connectivity index (χ1n) is 7.01. The molecule has 0 aromatic carbocycles. The van der Waals surface area contributed by atoms with Gasteiger partial charge in [0, 0.05) is 12.0 Å². The molecule has 1 saturated heterocycles. The van der Waals surface area contributed by atoms with Gasteiger partial charge in [0.25, 0.3) is 0 Å². The van der Waals surface area contributed by atoms with Gasteiger partial charge in [-0.2, -0.15) is 0 Å². The van der Waals surface area contributed by atoms with E-state index in [1.54, 1.807) is 27.7 Å². The van der Waals surface area contributed by atoms with Gasteiger partial charge >= 0.3 is 5.97 Å². The highest BCUT2D eigenvalue weighted by atomic mass is 16.5. The average molecular weight is 284 g/mol. The Morgan fingerprint density at radius 2 is 1.95 bits per heavy atom. The van der Waals surface area contributed by atoms with Gasteiger partial charge in [-0.1, -0.05) is 20.8 Å². The van der Waals surface area contributed by atoms with E-state index in [1.165, 1.54) is 4.90 Å².